The summed E-state index contributed by atoms with van der Waals surface area (Å²) in [6.45, 7) is 4.04. The third kappa shape index (κ3) is 3.87. The molecule has 0 spiro atoms. The molecule has 1 aliphatic carbocycles. The molecule has 122 valence electrons. The highest BCUT2D eigenvalue weighted by Crippen LogP contribution is 2.30. The molecule has 1 saturated heterocycles. The smallest absolute Gasteiger partial charge is 0.252 e. The molecule has 1 unspecified atom stereocenters. The molecule has 0 radical (unpaired) electrons. The molecule has 1 aromatic rings. The lowest BCUT2D eigenvalue weighted by Crippen LogP contribution is -2.44. The minimum absolute atomic E-state index is 0.0413. The van der Waals surface area contributed by atoms with Crippen molar-refractivity contribution in [3.05, 3.63) is 21.4 Å². The number of aryl methyl sites for hydroxylation is 1. The van der Waals surface area contributed by atoms with Gasteiger partial charge in [0.15, 0.2) is 0 Å². The second-order valence-electron chi connectivity index (χ2n) is 6.04. The summed E-state index contributed by atoms with van der Waals surface area (Å²) in [4.78, 5) is 15.9. The molecule has 1 amide bonds. The third-order valence-electron chi connectivity index (χ3n) is 4.38. The Labute approximate surface area is 135 Å². The van der Waals surface area contributed by atoms with E-state index < -0.39 is 6.10 Å². The van der Waals surface area contributed by atoms with Crippen molar-refractivity contribution in [3.63, 3.8) is 0 Å². The number of hydrogen-bond acceptors (Lipinski definition) is 5. The molecule has 1 atom stereocenters. The van der Waals surface area contributed by atoms with E-state index in [0.717, 1.165) is 44.7 Å². The number of nitrogens with one attached hydrogen (secondary N) is 1. The van der Waals surface area contributed by atoms with Crippen LogP contribution in [0.25, 0.3) is 0 Å². The van der Waals surface area contributed by atoms with Gasteiger partial charge in [-0.05, 0) is 31.2 Å². The Balaban J connectivity index is 1.48. The normalized spacial score (nSPS) is 20.4. The number of thiophene rings is 1. The van der Waals surface area contributed by atoms with Gasteiger partial charge in [0.05, 0.1) is 24.9 Å². The predicted molar refractivity (Wildman–Crippen MR) is 86.6 cm³/mol. The predicted octanol–water partition coefficient (Wildman–Crippen LogP) is 1.05. The van der Waals surface area contributed by atoms with Crippen LogP contribution in [0.5, 0.6) is 0 Å². The van der Waals surface area contributed by atoms with E-state index in [1.807, 2.05) is 5.38 Å². The van der Waals surface area contributed by atoms with Crippen LogP contribution in [-0.2, 0) is 17.6 Å². The number of hydrogen-bond donors (Lipinski definition) is 2. The van der Waals surface area contributed by atoms with E-state index in [4.69, 9.17) is 4.74 Å². The molecule has 1 aromatic heterocycles. The third-order valence-corrected chi connectivity index (χ3v) is 5.47. The quantitative estimate of drug-likeness (QED) is 0.850. The first kappa shape index (κ1) is 15.9. The Hall–Kier alpha value is -0.950. The average molecular weight is 324 g/mol. The highest BCUT2D eigenvalue weighted by atomic mass is 32.1. The summed E-state index contributed by atoms with van der Waals surface area (Å²) >= 11 is 1.70. The number of β-amino-alcohol motifs (C(OH)–C–C–N with tert-alkyl or cyclic N) is 1. The van der Waals surface area contributed by atoms with Crippen LogP contribution in [0.4, 0.5) is 0 Å². The van der Waals surface area contributed by atoms with E-state index >= 15 is 0 Å². The molecule has 1 fully saturated rings. The van der Waals surface area contributed by atoms with Gasteiger partial charge in [0.1, 0.15) is 0 Å². The zero-order chi connectivity index (χ0) is 15.4. The fourth-order valence-electron chi connectivity index (χ4n) is 3.14. The summed E-state index contributed by atoms with van der Waals surface area (Å²) in [5.74, 6) is -0.0413. The number of nitrogens with zero attached hydrogens (tertiary/aromatic N) is 1. The van der Waals surface area contributed by atoms with Crippen LogP contribution in [0, 0.1) is 0 Å². The Kier molecular flexibility index (Phi) is 5.46. The molecule has 6 heteroatoms. The maximum atomic E-state index is 12.3. The second-order valence-corrected chi connectivity index (χ2v) is 7.00. The first-order valence-electron chi connectivity index (χ1n) is 8.09. The molecule has 0 aromatic carbocycles. The number of rotatable bonds is 5. The van der Waals surface area contributed by atoms with Crippen LogP contribution in [0.2, 0.25) is 0 Å². The van der Waals surface area contributed by atoms with Crippen molar-refractivity contribution in [2.45, 2.75) is 31.8 Å². The van der Waals surface area contributed by atoms with Crippen molar-refractivity contribution in [2.75, 3.05) is 39.4 Å². The minimum atomic E-state index is -0.531. The average Bonchev–Trinajstić information content (AvgIpc) is 2.98. The Morgan fingerprint density at radius 3 is 2.95 bits per heavy atom. The van der Waals surface area contributed by atoms with E-state index in [1.54, 1.807) is 11.3 Å². The van der Waals surface area contributed by atoms with E-state index in [0.29, 0.717) is 13.1 Å². The standard InChI is InChI=1S/C16H24N2O3S/c19-12(10-18-5-7-21-8-6-18)9-17-16(20)14-11-22-15-4-2-1-3-13(14)15/h11-12,19H,1-10H2,(H,17,20). The highest BCUT2D eigenvalue weighted by Gasteiger charge is 2.21. The number of carbonyl (C=O) groups excluding carboxylic acids is 1. The van der Waals surface area contributed by atoms with Crippen LogP contribution in [0.1, 0.15) is 33.6 Å². The lowest BCUT2D eigenvalue weighted by molar-refractivity contribution is 0.0149. The van der Waals surface area contributed by atoms with Crippen LogP contribution in [-0.4, -0.2) is 61.4 Å². The molecule has 0 saturated carbocycles. The van der Waals surface area contributed by atoms with E-state index in [-0.39, 0.29) is 5.91 Å². The molecule has 1 aliphatic heterocycles. The SMILES string of the molecule is O=C(NCC(O)CN1CCOCC1)c1csc2c1CCCC2. The van der Waals surface area contributed by atoms with Crippen molar-refractivity contribution in [2.24, 2.45) is 0 Å². The molecule has 5 nitrogen and oxygen atoms in total. The van der Waals surface area contributed by atoms with Crippen molar-refractivity contribution in [1.82, 2.24) is 10.2 Å². The second kappa shape index (κ2) is 7.55. The first-order valence-corrected chi connectivity index (χ1v) is 8.97. The molecule has 2 heterocycles. The van der Waals surface area contributed by atoms with Gasteiger partial charge in [0.25, 0.3) is 5.91 Å². The molecule has 2 N–H and O–H groups in total. The number of ether oxygens (including phenoxy) is 1. The van der Waals surface area contributed by atoms with E-state index in [1.165, 1.54) is 23.3 Å². The number of amides is 1. The van der Waals surface area contributed by atoms with Crippen LogP contribution < -0.4 is 5.32 Å². The number of fused-ring (bicyclic) bond motifs is 1. The van der Waals surface area contributed by atoms with Crippen LogP contribution in [0.3, 0.4) is 0 Å². The fraction of sp³-hybridized carbons (Fsp3) is 0.688. The minimum Gasteiger partial charge on any atom is -0.390 e. The van der Waals surface area contributed by atoms with Crippen LogP contribution in [0.15, 0.2) is 5.38 Å². The van der Waals surface area contributed by atoms with Gasteiger partial charge in [0, 0.05) is 36.4 Å². The van der Waals surface area contributed by atoms with Gasteiger partial charge in [-0.2, -0.15) is 0 Å². The zero-order valence-electron chi connectivity index (χ0n) is 12.8. The van der Waals surface area contributed by atoms with Gasteiger partial charge in [-0.15, -0.1) is 11.3 Å². The summed E-state index contributed by atoms with van der Waals surface area (Å²) in [6, 6.07) is 0. The van der Waals surface area contributed by atoms with Crippen LogP contribution >= 0.6 is 11.3 Å². The summed E-state index contributed by atoms with van der Waals surface area (Å²) in [5, 5.41) is 14.9. The number of aliphatic hydroxyl groups is 1. The van der Waals surface area contributed by atoms with Gasteiger partial charge in [-0.3, -0.25) is 9.69 Å². The largest absolute Gasteiger partial charge is 0.390 e. The highest BCUT2D eigenvalue weighted by molar-refractivity contribution is 7.10. The molecule has 22 heavy (non-hydrogen) atoms. The van der Waals surface area contributed by atoms with Gasteiger partial charge < -0.3 is 15.2 Å². The fourth-order valence-corrected chi connectivity index (χ4v) is 4.26. The molecular weight excluding hydrogens is 300 g/mol. The molecule has 3 rings (SSSR count). The maximum Gasteiger partial charge on any atom is 0.252 e. The molecule has 2 aliphatic rings. The summed E-state index contributed by atoms with van der Waals surface area (Å²) in [7, 11) is 0. The monoisotopic (exact) mass is 324 g/mol. The lowest BCUT2D eigenvalue weighted by Gasteiger charge is -2.28. The Morgan fingerprint density at radius 2 is 2.14 bits per heavy atom. The molecule has 0 bridgehead atoms. The topological polar surface area (TPSA) is 61.8 Å². The van der Waals surface area contributed by atoms with Crippen molar-refractivity contribution < 1.29 is 14.6 Å². The Morgan fingerprint density at radius 1 is 1.36 bits per heavy atom. The summed E-state index contributed by atoms with van der Waals surface area (Å²) < 4.78 is 5.29. The van der Waals surface area contributed by atoms with E-state index in [2.05, 4.69) is 10.2 Å². The van der Waals surface area contributed by atoms with Crippen molar-refractivity contribution >= 4 is 17.2 Å². The van der Waals surface area contributed by atoms with E-state index in [9.17, 15) is 9.90 Å². The van der Waals surface area contributed by atoms with Crippen molar-refractivity contribution in [3.8, 4) is 0 Å². The number of aliphatic hydroxyl groups excluding tert-OH is 1. The zero-order valence-corrected chi connectivity index (χ0v) is 13.7. The Bertz CT molecular complexity index is 511. The first-order chi connectivity index (χ1) is 10.7. The van der Waals surface area contributed by atoms with Gasteiger partial charge in [-0.25, -0.2) is 0 Å². The maximum absolute atomic E-state index is 12.3. The lowest BCUT2D eigenvalue weighted by atomic mass is 9.95. The number of carbonyl (C=O) groups is 1. The molecular formula is C16H24N2O3S. The van der Waals surface area contributed by atoms with Gasteiger partial charge in [-0.1, -0.05) is 0 Å². The van der Waals surface area contributed by atoms with Crippen molar-refractivity contribution in [1.29, 1.82) is 0 Å². The van der Waals surface area contributed by atoms with Gasteiger partial charge in [0.2, 0.25) is 0 Å². The van der Waals surface area contributed by atoms with Gasteiger partial charge >= 0.3 is 0 Å². The summed E-state index contributed by atoms with van der Waals surface area (Å²) in [5.41, 5.74) is 2.05. The number of morpholine rings is 1. The summed E-state index contributed by atoms with van der Waals surface area (Å²) in [6.07, 6.45) is 3.98.